The van der Waals surface area contributed by atoms with Crippen molar-refractivity contribution in [3.8, 4) is 0 Å². The number of aliphatic imine (C=N–C) groups is 1. The number of benzene rings is 2. The second-order valence-electron chi connectivity index (χ2n) is 5.98. The number of nitrogens with one attached hydrogen (secondary N) is 1. The molecule has 0 saturated heterocycles. The number of thioether (sulfide) groups is 1. The minimum atomic E-state index is -3.28. The van der Waals surface area contributed by atoms with Gasteiger partial charge in [-0.25, -0.2) is 12.8 Å². The first-order valence-corrected chi connectivity index (χ1v) is 10.9. The van der Waals surface area contributed by atoms with Crippen molar-refractivity contribution >= 4 is 38.4 Å². The number of hydrazone groups is 1. The lowest BCUT2D eigenvalue weighted by molar-refractivity contribution is 0.600. The van der Waals surface area contributed by atoms with E-state index in [9.17, 15) is 12.8 Å². The Morgan fingerprint density at radius 2 is 1.85 bits per heavy atom. The van der Waals surface area contributed by atoms with Crippen molar-refractivity contribution in [2.75, 3.05) is 23.4 Å². The van der Waals surface area contributed by atoms with Gasteiger partial charge in [0.05, 0.1) is 24.2 Å². The molecular formula is C18H19FN4O2S2. The number of sulfonamides is 1. The van der Waals surface area contributed by atoms with Crippen LogP contribution in [0.4, 0.5) is 10.1 Å². The highest BCUT2D eigenvalue weighted by Gasteiger charge is 2.15. The topological polar surface area (TPSA) is 74.1 Å². The molecule has 1 N–H and O–H groups in total. The highest BCUT2D eigenvalue weighted by Crippen LogP contribution is 2.19. The van der Waals surface area contributed by atoms with Crippen LogP contribution < -0.4 is 9.73 Å². The summed E-state index contributed by atoms with van der Waals surface area (Å²) in [6.07, 6.45) is 1.17. The summed E-state index contributed by atoms with van der Waals surface area (Å²) in [5.41, 5.74) is 6.22. The second-order valence-corrected chi connectivity index (χ2v) is 8.96. The predicted octanol–water partition coefficient (Wildman–Crippen LogP) is 2.82. The number of amidine groups is 1. The Balaban J connectivity index is 1.64. The Hall–Kier alpha value is -2.39. The van der Waals surface area contributed by atoms with E-state index in [0.29, 0.717) is 23.2 Å². The maximum absolute atomic E-state index is 12.9. The van der Waals surface area contributed by atoms with Crippen LogP contribution in [-0.4, -0.2) is 38.4 Å². The number of anilines is 1. The molecule has 0 radical (unpaired) electrons. The number of hydrogen-bond acceptors (Lipinski definition) is 5. The highest BCUT2D eigenvalue weighted by molar-refractivity contribution is 8.14. The first-order chi connectivity index (χ1) is 12.8. The quantitative estimate of drug-likeness (QED) is 0.829. The van der Waals surface area contributed by atoms with E-state index in [2.05, 4.69) is 15.5 Å². The van der Waals surface area contributed by atoms with E-state index < -0.39 is 10.0 Å². The van der Waals surface area contributed by atoms with E-state index in [4.69, 9.17) is 0 Å². The maximum Gasteiger partial charge on any atom is 0.231 e. The summed E-state index contributed by atoms with van der Waals surface area (Å²) in [4.78, 5) is 4.44. The molecule has 0 atom stereocenters. The first kappa shape index (κ1) is 19.4. The fourth-order valence-corrected chi connectivity index (χ4v) is 3.63. The molecule has 0 aromatic heterocycles. The van der Waals surface area contributed by atoms with E-state index in [1.807, 2.05) is 12.1 Å². The molecule has 27 heavy (non-hydrogen) atoms. The number of halogens is 1. The van der Waals surface area contributed by atoms with Crippen LogP contribution in [0.25, 0.3) is 0 Å². The smallest absolute Gasteiger partial charge is 0.231 e. The highest BCUT2D eigenvalue weighted by atomic mass is 32.2. The average molecular weight is 407 g/mol. The van der Waals surface area contributed by atoms with Gasteiger partial charge in [0.1, 0.15) is 5.82 Å². The van der Waals surface area contributed by atoms with E-state index in [1.165, 1.54) is 41.5 Å². The lowest BCUT2D eigenvalue weighted by Crippen LogP contribution is -2.26. The molecule has 1 aliphatic rings. The molecule has 6 nitrogen and oxygen atoms in total. The molecule has 0 aliphatic carbocycles. The molecule has 0 unspecified atom stereocenters. The standard InChI is InChI=1S/C18H19FN4O2S2/c1-23(27(2,24)25)16-9-5-14(6-10-16)17-12-26-18(22-21-17)20-11-13-3-7-15(19)8-4-13/h3-10H,11-12H2,1-2H3,(H,20,22). The van der Waals surface area contributed by atoms with Crippen molar-refractivity contribution in [1.29, 1.82) is 0 Å². The van der Waals surface area contributed by atoms with E-state index in [1.54, 1.807) is 24.3 Å². The number of hydrogen-bond donors (Lipinski definition) is 1. The lowest BCUT2D eigenvalue weighted by Gasteiger charge is -2.18. The normalized spacial score (nSPS) is 16.0. The Morgan fingerprint density at radius 1 is 1.19 bits per heavy atom. The van der Waals surface area contributed by atoms with E-state index in [0.717, 1.165) is 16.8 Å². The van der Waals surface area contributed by atoms with Gasteiger partial charge in [0.25, 0.3) is 0 Å². The molecule has 1 aliphatic heterocycles. The lowest BCUT2D eigenvalue weighted by atomic mass is 10.1. The average Bonchev–Trinajstić information content (AvgIpc) is 2.67. The van der Waals surface area contributed by atoms with Gasteiger partial charge >= 0.3 is 0 Å². The zero-order valence-electron chi connectivity index (χ0n) is 14.9. The molecule has 9 heteroatoms. The van der Waals surface area contributed by atoms with Gasteiger partial charge in [0, 0.05) is 12.8 Å². The van der Waals surface area contributed by atoms with Crippen molar-refractivity contribution < 1.29 is 12.8 Å². The van der Waals surface area contributed by atoms with Crippen LogP contribution in [0.15, 0.2) is 58.6 Å². The Labute approximate surface area is 162 Å². The summed E-state index contributed by atoms with van der Waals surface area (Å²) in [5, 5.41) is 5.06. The van der Waals surface area contributed by atoms with Crippen molar-refractivity contribution in [2.24, 2.45) is 10.1 Å². The molecule has 2 aromatic rings. The van der Waals surface area contributed by atoms with Crippen LogP contribution >= 0.6 is 11.8 Å². The van der Waals surface area contributed by atoms with Gasteiger partial charge in [0.2, 0.25) is 10.0 Å². The minimum absolute atomic E-state index is 0.264. The van der Waals surface area contributed by atoms with Crippen molar-refractivity contribution in [3.05, 3.63) is 65.5 Å². The molecule has 0 amide bonds. The molecule has 142 valence electrons. The fraction of sp³-hybridized carbons (Fsp3) is 0.222. The molecule has 0 fully saturated rings. The molecular weight excluding hydrogens is 387 g/mol. The molecule has 2 aromatic carbocycles. The van der Waals surface area contributed by atoms with E-state index in [-0.39, 0.29) is 5.82 Å². The van der Waals surface area contributed by atoms with Crippen molar-refractivity contribution in [3.63, 3.8) is 0 Å². The second kappa shape index (κ2) is 8.10. The van der Waals surface area contributed by atoms with Gasteiger partial charge in [-0.1, -0.05) is 36.0 Å². The summed E-state index contributed by atoms with van der Waals surface area (Å²) in [5.74, 6) is 0.385. The van der Waals surface area contributed by atoms with Crippen LogP contribution in [0.2, 0.25) is 0 Å². The van der Waals surface area contributed by atoms with E-state index >= 15 is 0 Å². The summed E-state index contributed by atoms with van der Waals surface area (Å²) in [7, 11) is -1.76. The molecule has 3 rings (SSSR count). The van der Waals surface area contributed by atoms with Crippen LogP contribution in [0, 0.1) is 5.82 Å². The first-order valence-electron chi connectivity index (χ1n) is 8.11. The van der Waals surface area contributed by atoms with Gasteiger partial charge in [0.15, 0.2) is 5.17 Å². The third-order valence-electron chi connectivity index (χ3n) is 4.01. The third kappa shape index (κ3) is 5.08. The van der Waals surface area contributed by atoms with Gasteiger partial charge in [-0.2, -0.15) is 5.10 Å². The molecule has 0 spiro atoms. The third-order valence-corrected chi connectivity index (χ3v) is 6.13. The van der Waals surface area contributed by atoms with Gasteiger partial charge < -0.3 is 0 Å². The summed E-state index contributed by atoms with van der Waals surface area (Å²) in [6, 6.07) is 13.4. The predicted molar refractivity (Wildman–Crippen MR) is 109 cm³/mol. The molecule has 0 saturated carbocycles. The largest absolute Gasteiger partial charge is 0.274 e. The Morgan fingerprint density at radius 3 is 2.41 bits per heavy atom. The minimum Gasteiger partial charge on any atom is -0.274 e. The Bertz CT molecular complexity index is 971. The van der Waals surface area contributed by atoms with Crippen LogP contribution in [0.1, 0.15) is 11.1 Å². The zero-order valence-corrected chi connectivity index (χ0v) is 16.5. The monoisotopic (exact) mass is 406 g/mol. The summed E-state index contributed by atoms with van der Waals surface area (Å²) in [6.45, 7) is 0.451. The van der Waals surface area contributed by atoms with Crippen molar-refractivity contribution in [2.45, 2.75) is 6.54 Å². The van der Waals surface area contributed by atoms with Crippen LogP contribution in [0.3, 0.4) is 0 Å². The van der Waals surface area contributed by atoms with Crippen LogP contribution in [0.5, 0.6) is 0 Å². The Kier molecular flexibility index (Phi) is 5.81. The fourth-order valence-electron chi connectivity index (χ4n) is 2.35. The number of nitrogens with zero attached hydrogens (tertiary/aromatic N) is 3. The summed E-state index contributed by atoms with van der Waals surface area (Å²) >= 11 is 1.53. The molecule has 0 bridgehead atoms. The van der Waals surface area contributed by atoms with Crippen LogP contribution in [-0.2, 0) is 16.6 Å². The number of rotatable bonds is 5. The zero-order chi connectivity index (χ0) is 19.4. The maximum atomic E-state index is 12.9. The van der Waals surface area contributed by atoms with Gasteiger partial charge in [-0.15, -0.1) is 0 Å². The summed E-state index contributed by atoms with van der Waals surface area (Å²) < 4.78 is 37.3. The van der Waals surface area contributed by atoms with Gasteiger partial charge in [-0.05, 0) is 35.4 Å². The van der Waals surface area contributed by atoms with Crippen molar-refractivity contribution in [1.82, 2.24) is 5.43 Å². The molecule has 1 heterocycles. The van der Waals surface area contributed by atoms with Gasteiger partial charge in [-0.3, -0.25) is 14.7 Å². The SMILES string of the molecule is CN(c1ccc(C2=NNC(=NCc3ccc(F)cc3)SC2)cc1)S(C)(=O)=O.